The lowest BCUT2D eigenvalue weighted by molar-refractivity contribution is 0.263. The lowest BCUT2D eigenvalue weighted by atomic mass is 10.4. The molecular formula is C12H23N7O. The number of ether oxygens (including phenoxy) is 1. The minimum Gasteiger partial charge on any atom is -0.463 e. The van der Waals surface area contributed by atoms with Gasteiger partial charge in [0.1, 0.15) is 0 Å². The molecule has 1 saturated heterocycles. The van der Waals surface area contributed by atoms with E-state index in [0.29, 0.717) is 24.5 Å². The third kappa shape index (κ3) is 4.17. The second-order valence-corrected chi connectivity index (χ2v) is 5.09. The van der Waals surface area contributed by atoms with E-state index in [1.807, 2.05) is 14.1 Å². The Kier molecular flexibility index (Phi) is 5.31. The number of aromatic nitrogens is 3. The van der Waals surface area contributed by atoms with Crippen LogP contribution in [0.15, 0.2) is 0 Å². The summed E-state index contributed by atoms with van der Waals surface area (Å²) < 4.78 is 5.59. The van der Waals surface area contributed by atoms with Crippen molar-refractivity contribution in [2.75, 3.05) is 50.7 Å². The summed E-state index contributed by atoms with van der Waals surface area (Å²) in [4.78, 5) is 17.0. The molecule has 112 valence electrons. The van der Waals surface area contributed by atoms with Crippen molar-refractivity contribution in [1.29, 1.82) is 0 Å². The highest BCUT2D eigenvalue weighted by Gasteiger charge is 2.17. The molecule has 0 aliphatic carbocycles. The smallest absolute Gasteiger partial charge is 0.323 e. The molecule has 0 bridgehead atoms. The first kappa shape index (κ1) is 14.7. The van der Waals surface area contributed by atoms with Crippen LogP contribution in [0, 0.1) is 0 Å². The fourth-order valence-electron chi connectivity index (χ4n) is 2.08. The van der Waals surface area contributed by atoms with Crippen LogP contribution >= 0.6 is 0 Å². The van der Waals surface area contributed by atoms with E-state index in [2.05, 4.69) is 30.2 Å². The van der Waals surface area contributed by atoms with Crippen LogP contribution in [0.25, 0.3) is 0 Å². The summed E-state index contributed by atoms with van der Waals surface area (Å²) in [6.45, 7) is 3.47. The van der Waals surface area contributed by atoms with E-state index in [1.165, 1.54) is 0 Å². The zero-order chi connectivity index (χ0) is 14.4. The summed E-state index contributed by atoms with van der Waals surface area (Å²) >= 11 is 0. The molecule has 0 atom stereocenters. The Balaban J connectivity index is 1.98. The molecule has 0 unspecified atom stereocenters. The molecule has 3 N–H and O–H groups in total. The lowest BCUT2D eigenvalue weighted by Crippen LogP contribution is -2.23. The SMILES string of the molecule is CN(C)CCCOc1nc(NN)nc(N2CCCC2)n1. The molecule has 0 amide bonds. The molecular weight excluding hydrogens is 258 g/mol. The Labute approximate surface area is 119 Å². The molecule has 2 rings (SSSR count). The summed E-state index contributed by atoms with van der Waals surface area (Å²) in [6.07, 6.45) is 3.25. The number of hydrazine groups is 1. The maximum Gasteiger partial charge on any atom is 0.323 e. The van der Waals surface area contributed by atoms with Crippen LogP contribution in [0.2, 0.25) is 0 Å². The van der Waals surface area contributed by atoms with E-state index in [9.17, 15) is 0 Å². The maximum atomic E-state index is 5.59. The van der Waals surface area contributed by atoms with E-state index >= 15 is 0 Å². The van der Waals surface area contributed by atoms with Crippen molar-refractivity contribution in [1.82, 2.24) is 19.9 Å². The number of nitrogens with two attached hydrogens (primary N) is 1. The first-order valence-electron chi connectivity index (χ1n) is 6.94. The number of nitrogens with zero attached hydrogens (tertiary/aromatic N) is 5. The molecule has 0 saturated carbocycles. The number of nitrogen functional groups attached to an aromatic ring is 1. The molecule has 8 heteroatoms. The third-order valence-corrected chi connectivity index (χ3v) is 3.10. The van der Waals surface area contributed by atoms with Crippen LogP contribution in [0.1, 0.15) is 19.3 Å². The van der Waals surface area contributed by atoms with Crippen LogP contribution in [0.5, 0.6) is 6.01 Å². The molecule has 20 heavy (non-hydrogen) atoms. The predicted octanol–water partition coefficient (Wildman–Crippen LogP) is 0.0879. The second kappa shape index (κ2) is 7.20. The fourth-order valence-corrected chi connectivity index (χ4v) is 2.08. The highest BCUT2D eigenvalue weighted by atomic mass is 16.5. The average molecular weight is 281 g/mol. The van der Waals surface area contributed by atoms with Crippen molar-refractivity contribution < 1.29 is 4.74 Å². The first-order chi connectivity index (χ1) is 9.69. The first-order valence-corrected chi connectivity index (χ1v) is 6.94. The Morgan fingerprint density at radius 2 is 2.00 bits per heavy atom. The Morgan fingerprint density at radius 3 is 2.65 bits per heavy atom. The van der Waals surface area contributed by atoms with Gasteiger partial charge in [-0.05, 0) is 33.4 Å². The largest absolute Gasteiger partial charge is 0.463 e. The van der Waals surface area contributed by atoms with Crippen molar-refractivity contribution >= 4 is 11.9 Å². The van der Waals surface area contributed by atoms with Crippen molar-refractivity contribution in [3.63, 3.8) is 0 Å². The molecule has 0 aromatic carbocycles. The molecule has 1 fully saturated rings. The molecule has 1 aromatic rings. The lowest BCUT2D eigenvalue weighted by Gasteiger charge is -2.16. The van der Waals surface area contributed by atoms with Gasteiger partial charge >= 0.3 is 6.01 Å². The standard InChI is InChI=1S/C12H23N7O/c1-18(2)6-5-9-20-12-15-10(17-13)14-11(16-12)19-7-3-4-8-19/h3-9,13H2,1-2H3,(H,14,15,16,17). The molecule has 1 aliphatic heterocycles. The van der Waals surface area contributed by atoms with Gasteiger partial charge in [0.15, 0.2) is 0 Å². The molecule has 0 radical (unpaired) electrons. The summed E-state index contributed by atoms with van der Waals surface area (Å²) in [5.41, 5.74) is 2.46. The minimum absolute atomic E-state index is 0.327. The molecule has 0 spiro atoms. The van der Waals surface area contributed by atoms with Gasteiger partial charge in [-0.3, -0.25) is 5.43 Å². The summed E-state index contributed by atoms with van der Waals surface area (Å²) in [6, 6.07) is 0.327. The molecule has 1 aliphatic rings. The van der Waals surface area contributed by atoms with Crippen molar-refractivity contribution in [2.24, 2.45) is 5.84 Å². The van der Waals surface area contributed by atoms with Gasteiger partial charge in [-0.15, -0.1) is 0 Å². The number of hydrogen-bond acceptors (Lipinski definition) is 8. The van der Waals surface area contributed by atoms with Gasteiger partial charge in [0.2, 0.25) is 11.9 Å². The zero-order valence-corrected chi connectivity index (χ0v) is 12.2. The van der Waals surface area contributed by atoms with Gasteiger partial charge in [0.25, 0.3) is 0 Å². The van der Waals surface area contributed by atoms with E-state index < -0.39 is 0 Å². The Bertz CT molecular complexity index is 420. The Hall–Kier alpha value is -1.67. The predicted molar refractivity (Wildman–Crippen MR) is 77.8 cm³/mol. The summed E-state index contributed by atoms with van der Waals surface area (Å²) in [7, 11) is 4.07. The zero-order valence-electron chi connectivity index (χ0n) is 12.2. The second-order valence-electron chi connectivity index (χ2n) is 5.09. The van der Waals surface area contributed by atoms with Crippen LogP contribution in [-0.2, 0) is 0 Å². The van der Waals surface area contributed by atoms with Crippen LogP contribution in [-0.4, -0.2) is 60.2 Å². The van der Waals surface area contributed by atoms with Gasteiger partial charge < -0.3 is 14.5 Å². The third-order valence-electron chi connectivity index (χ3n) is 3.10. The van der Waals surface area contributed by atoms with E-state index in [0.717, 1.165) is 38.9 Å². The van der Waals surface area contributed by atoms with Crippen molar-refractivity contribution in [3.05, 3.63) is 0 Å². The highest BCUT2D eigenvalue weighted by Crippen LogP contribution is 2.19. The Morgan fingerprint density at radius 1 is 1.25 bits per heavy atom. The van der Waals surface area contributed by atoms with Gasteiger partial charge in [0.05, 0.1) is 6.61 Å². The van der Waals surface area contributed by atoms with Crippen LogP contribution in [0.4, 0.5) is 11.9 Å². The normalized spacial score (nSPS) is 14.9. The van der Waals surface area contributed by atoms with Crippen LogP contribution < -0.4 is 20.9 Å². The minimum atomic E-state index is 0.327. The average Bonchev–Trinajstić information content (AvgIpc) is 2.97. The number of nitrogens with one attached hydrogen (secondary N) is 1. The maximum absolute atomic E-state index is 5.59. The fraction of sp³-hybridized carbons (Fsp3) is 0.750. The van der Waals surface area contributed by atoms with Gasteiger partial charge in [-0.25, -0.2) is 5.84 Å². The number of hydrogen-bond donors (Lipinski definition) is 2. The molecule has 1 aromatic heterocycles. The summed E-state index contributed by atoms with van der Waals surface area (Å²) in [5.74, 6) is 6.37. The summed E-state index contributed by atoms with van der Waals surface area (Å²) in [5, 5.41) is 0. The van der Waals surface area contributed by atoms with Gasteiger partial charge in [0, 0.05) is 19.6 Å². The van der Waals surface area contributed by atoms with Crippen molar-refractivity contribution in [2.45, 2.75) is 19.3 Å². The van der Waals surface area contributed by atoms with Gasteiger partial charge in [-0.1, -0.05) is 0 Å². The van der Waals surface area contributed by atoms with Crippen LogP contribution in [0.3, 0.4) is 0 Å². The van der Waals surface area contributed by atoms with E-state index in [4.69, 9.17) is 10.6 Å². The van der Waals surface area contributed by atoms with Crippen molar-refractivity contribution in [3.8, 4) is 6.01 Å². The number of rotatable bonds is 7. The highest BCUT2D eigenvalue weighted by molar-refractivity contribution is 5.38. The topological polar surface area (TPSA) is 92.4 Å². The van der Waals surface area contributed by atoms with E-state index in [1.54, 1.807) is 0 Å². The van der Waals surface area contributed by atoms with E-state index in [-0.39, 0.29) is 0 Å². The molecule has 8 nitrogen and oxygen atoms in total. The molecule has 2 heterocycles. The quantitative estimate of drug-likeness (QED) is 0.413. The number of anilines is 2. The van der Waals surface area contributed by atoms with Gasteiger partial charge in [-0.2, -0.15) is 15.0 Å². The monoisotopic (exact) mass is 281 g/mol.